The molecule has 0 spiro atoms. The number of thioether (sulfide) groups is 1. The van der Waals surface area contributed by atoms with Crippen LogP contribution < -0.4 is 0 Å². The number of hydrogen-bond acceptors (Lipinski definition) is 5. The lowest BCUT2D eigenvalue weighted by atomic mass is 9.82. The molecule has 1 amide bonds. The van der Waals surface area contributed by atoms with Crippen LogP contribution in [0.1, 0.15) is 12.8 Å². The van der Waals surface area contributed by atoms with Crippen LogP contribution in [0.2, 0.25) is 0 Å². The monoisotopic (exact) mass is 306 g/mol. The topological polar surface area (TPSA) is 66.6 Å². The molecule has 3 rings (SSSR count). The van der Waals surface area contributed by atoms with Crippen LogP contribution in [0.15, 0.2) is 33.9 Å². The zero-order valence-electron chi connectivity index (χ0n) is 11.9. The number of aromatic nitrogens is 1. The standard InChI is InChI=1S/C15H18N2O3S/c1-17(8-10-6-11(18)7-10)14(19)9-21-15-16-12-4-2-3-5-13(12)20-15/h2-5,10-11,18H,6-9H2,1H3. The number of carbonyl (C=O) groups is 1. The van der Waals surface area contributed by atoms with E-state index in [-0.39, 0.29) is 12.0 Å². The van der Waals surface area contributed by atoms with Crippen molar-refractivity contribution in [2.24, 2.45) is 5.92 Å². The highest BCUT2D eigenvalue weighted by Gasteiger charge is 2.29. The predicted octanol–water partition coefficient (Wildman–Crippen LogP) is 2.15. The van der Waals surface area contributed by atoms with Crippen molar-refractivity contribution in [3.63, 3.8) is 0 Å². The van der Waals surface area contributed by atoms with Gasteiger partial charge in [-0.25, -0.2) is 4.98 Å². The molecule has 0 atom stereocenters. The molecule has 1 aromatic heterocycles. The van der Waals surface area contributed by atoms with Crippen LogP contribution in [0.4, 0.5) is 0 Å². The highest BCUT2D eigenvalue weighted by Crippen LogP contribution is 2.28. The summed E-state index contributed by atoms with van der Waals surface area (Å²) >= 11 is 1.32. The van der Waals surface area contributed by atoms with E-state index in [1.807, 2.05) is 24.3 Å². The van der Waals surface area contributed by atoms with Gasteiger partial charge in [0, 0.05) is 13.6 Å². The molecule has 6 heteroatoms. The number of para-hydroxylation sites is 2. The molecule has 1 heterocycles. The molecule has 1 N–H and O–H groups in total. The first-order chi connectivity index (χ1) is 10.1. The minimum Gasteiger partial charge on any atom is -0.431 e. The highest BCUT2D eigenvalue weighted by molar-refractivity contribution is 7.99. The maximum absolute atomic E-state index is 12.1. The Morgan fingerprint density at radius 1 is 1.48 bits per heavy atom. The second-order valence-electron chi connectivity index (χ2n) is 5.50. The molecule has 0 saturated heterocycles. The third kappa shape index (κ3) is 3.39. The average Bonchev–Trinajstić information content (AvgIpc) is 2.85. The number of oxazole rings is 1. The fourth-order valence-corrected chi connectivity index (χ4v) is 3.26. The molecule has 112 valence electrons. The molecule has 5 nitrogen and oxygen atoms in total. The van der Waals surface area contributed by atoms with Crippen molar-refractivity contribution in [1.29, 1.82) is 0 Å². The van der Waals surface area contributed by atoms with Crippen LogP contribution in [-0.2, 0) is 4.79 Å². The number of fused-ring (bicyclic) bond motifs is 1. The van der Waals surface area contributed by atoms with E-state index in [2.05, 4.69) is 4.98 Å². The van der Waals surface area contributed by atoms with Gasteiger partial charge in [-0.05, 0) is 30.9 Å². The lowest BCUT2D eigenvalue weighted by molar-refractivity contribution is -0.128. The largest absolute Gasteiger partial charge is 0.431 e. The van der Waals surface area contributed by atoms with E-state index >= 15 is 0 Å². The van der Waals surface area contributed by atoms with Crippen molar-refractivity contribution < 1.29 is 14.3 Å². The van der Waals surface area contributed by atoms with Crippen molar-refractivity contribution in [3.05, 3.63) is 24.3 Å². The summed E-state index contributed by atoms with van der Waals surface area (Å²) in [7, 11) is 1.81. The first-order valence-corrected chi connectivity index (χ1v) is 8.01. The number of rotatable bonds is 5. The summed E-state index contributed by atoms with van der Waals surface area (Å²) in [5.74, 6) is 0.811. The molecule has 2 aromatic rings. The van der Waals surface area contributed by atoms with Gasteiger partial charge in [0.1, 0.15) is 5.52 Å². The Balaban J connectivity index is 1.50. The second-order valence-corrected chi connectivity index (χ2v) is 6.43. The van der Waals surface area contributed by atoms with E-state index in [1.165, 1.54) is 11.8 Å². The molecule has 1 aliphatic rings. The smallest absolute Gasteiger partial charge is 0.257 e. The van der Waals surface area contributed by atoms with Crippen LogP contribution in [0.3, 0.4) is 0 Å². The molecule has 1 saturated carbocycles. The van der Waals surface area contributed by atoms with Gasteiger partial charge in [-0.2, -0.15) is 0 Å². The predicted molar refractivity (Wildman–Crippen MR) is 81.1 cm³/mol. The summed E-state index contributed by atoms with van der Waals surface area (Å²) in [4.78, 5) is 18.1. The Bertz CT molecular complexity index is 604. The van der Waals surface area contributed by atoms with Gasteiger partial charge in [0.15, 0.2) is 5.58 Å². The van der Waals surface area contributed by atoms with Gasteiger partial charge in [-0.15, -0.1) is 0 Å². The van der Waals surface area contributed by atoms with Crippen molar-refractivity contribution in [1.82, 2.24) is 9.88 Å². The first-order valence-electron chi connectivity index (χ1n) is 7.02. The average molecular weight is 306 g/mol. The second kappa shape index (κ2) is 6.07. The van der Waals surface area contributed by atoms with Crippen LogP contribution in [0.5, 0.6) is 0 Å². The molecule has 0 bridgehead atoms. The van der Waals surface area contributed by atoms with Crippen molar-refractivity contribution in [2.75, 3.05) is 19.3 Å². The number of amides is 1. The lowest BCUT2D eigenvalue weighted by Crippen LogP contribution is -2.40. The zero-order valence-corrected chi connectivity index (χ0v) is 12.7. The molecule has 0 radical (unpaired) electrons. The Kier molecular flexibility index (Phi) is 4.17. The fraction of sp³-hybridized carbons (Fsp3) is 0.467. The molecular weight excluding hydrogens is 288 g/mol. The van der Waals surface area contributed by atoms with Gasteiger partial charge in [-0.3, -0.25) is 4.79 Å². The van der Waals surface area contributed by atoms with Crippen LogP contribution in [0.25, 0.3) is 11.1 Å². The summed E-state index contributed by atoms with van der Waals surface area (Å²) in [6.45, 7) is 0.712. The maximum atomic E-state index is 12.1. The van der Waals surface area contributed by atoms with Crippen LogP contribution in [-0.4, -0.2) is 46.3 Å². The molecule has 1 aromatic carbocycles. The lowest BCUT2D eigenvalue weighted by Gasteiger charge is -2.34. The summed E-state index contributed by atoms with van der Waals surface area (Å²) in [6.07, 6.45) is 1.43. The fourth-order valence-electron chi connectivity index (χ4n) is 2.49. The molecule has 0 aliphatic heterocycles. The van der Waals surface area contributed by atoms with E-state index in [4.69, 9.17) is 4.42 Å². The van der Waals surface area contributed by atoms with Crippen LogP contribution >= 0.6 is 11.8 Å². The Hall–Kier alpha value is -1.53. The third-order valence-electron chi connectivity index (χ3n) is 3.76. The number of hydrogen-bond donors (Lipinski definition) is 1. The normalized spacial score (nSPS) is 21.2. The molecule has 1 fully saturated rings. The van der Waals surface area contributed by atoms with Gasteiger partial charge < -0.3 is 14.4 Å². The van der Waals surface area contributed by atoms with E-state index < -0.39 is 0 Å². The molecule has 1 aliphatic carbocycles. The van der Waals surface area contributed by atoms with Gasteiger partial charge in [-0.1, -0.05) is 23.9 Å². The Morgan fingerprint density at radius 2 is 2.24 bits per heavy atom. The summed E-state index contributed by atoms with van der Waals surface area (Å²) in [5.41, 5.74) is 1.55. The maximum Gasteiger partial charge on any atom is 0.257 e. The summed E-state index contributed by atoms with van der Waals surface area (Å²) in [5, 5.41) is 9.79. The van der Waals surface area contributed by atoms with E-state index in [1.54, 1.807) is 11.9 Å². The number of aliphatic hydroxyl groups excluding tert-OH is 1. The first kappa shape index (κ1) is 14.4. The minimum absolute atomic E-state index is 0.0589. The number of nitrogens with zero attached hydrogens (tertiary/aromatic N) is 2. The Morgan fingerprint density at radius 3 is 2.95 bits per heavy atom. The Labute approximate surface area is 127 Å². The molecule has 0 unspecified atom stereocenters. The number of benzene rings is 1. The van der Waals surface area contributed by atoms with Gasteiger partial charge in [0.25, 0.3) is 5.22 Å². The van der Waals surface area contributed by atoms with Crippen molar-refractivity contribution in [3.8, 4) is 0 Å². The zero-order chi connectivity index (χ0) is 14.8. The minimum atomic E-state index is -0.173. The van der Waals surface area contributed by atoms with E-state index in [9.17, 15) is 9.90 Å². The van der Waals surface area contributed by atoms with Crippen molar-refractivity contribution in [2.45, 2.75) is 24.2 Å². The molecular formula is C15H18N2O3S. The summed E-state index contributed by atoms with van der Waals surface area (Å²) < 4.78 is 5.57. The number of aliphatic hydroxyl groups is 1. The van der Waals surface area contributed by atoms with Crippen LogP contribution in [0, 0.1) is 5.92 Å². The molecule has 21 heavy (non-hydrogen) atoms. The van der Waals surface area contributed by atoms with Crippen molar-refractivity contribution >= 4 is 28.8 Å². The van der Waals surface area contributed by atoms with Gasteiger partial charge in [0.2, 0.25) is 5.91 Å². The SMILES string of the molecule is CN(CC1CC(O)C1)C(=O)CSc1nc2ccccc2o1. The highest BCUT2D eigenvalue weighted by atomic mass is 32.2. The van der Waals surface area contributed by atoms with Gasteiger partial charge in [0.05, 0.1) is 11.9 Å². The van der Waals surface area contributed by atoms with E-state index in [0.29, 0.717) is 23.4 Å². The third-order valence-corrected chi connectivity index (χ3v) is 4.57. The number of carbonyl (C=O) groups excluding carboxylic acids is 1. The summed E-state index contributed by atoms with van der Waals surface area (Å²) in [6, 6.07) is 7.56. The van der Waals surface area contributed by atoms with Gasteiger partial charge >= 0.3 is 0 Å². The van der Waals surface area contributed by atoms with E-state index in [0.717, 1.165) is 23.9 Å². The quantitative estimate of drug-likeness (QED) is 0.857.